The summed E-state index contributed by atoms with van der Waals surface area (Å²) in [5.74, 6) is 0.131. The maximum absolute atomic E-state index is 14.1. The van der Waals surface area contributed by atoms with Crippen LogP contribution >= 0.6 is 0 Å². The lowest BCUT2D eigenvalue weighted by Gasteiger charge is -2.34. The minimum absolute atomic E-state index is 0.0147. The Morgan fingerprint density at radius 2 is 1.96 bits per heavy atom. The third-order valence-corrected chi connectivity index (χ3v) is 4.91. The van der Waals surface area contributed by atoms with E-state index in [9.17, 15) is 9.50 Å². The first kappa shape index (κ1) is 16.8. The van der Waals surface area contributed by atoms with Crippen molar-refractivity contribution in [2.24, 2.45) is 10.7 Å². The van der Waals surface area contributed by atoms with Crippen LogP contribution in [-0.2, 0) is 10.3 Å². The van der Waals surface area contributed by atoms with Gasteiger partial charge in [-0.2, -0.15) is 0 Å². The van der Waals surface area contributed by atoms with E-state index in [4.69, 9.17) is 15.2 Å². The number of hydrogen-bond acceptors (Lipinski definition) is 6. The molecule has 0 aliphatic carbocycles. The van der Waals surface area contributed by atoms with Gasteiger partial charge in [0.1, 0.15) is 17.4 Å². The summed E-state index contributed by atoms with van der Waals surface area (Å²) in [6.07, 6.45) is 0. The Kier molecular flexibility index (Phi) is 4.05. The van der Waals surface area contributed by atoms with Gasteiger partial charge in [-0.05, 0) is 36.4 Å². The SMILES string of the molecule is COc1ccc2c(c1)C(O)(c1cc(F)ccc1N1CCOCC1)C(N)=N2. The van der Waals surface area contributed by atoms with Crippen molar-refractivity contribution < 1.29 is 19.0 Å². The summed E-state index contributed by atoms with van der Waals surface area (Å²) in [5, 5.41) is 11.6. The molecule has 1 saturated heterocycles. The van der Waals surface area contributed by atoms with Crippen LogP contribution in [0.1, 0.15) is 11.1 Å². The fraction of sp³-hybridized carbons (Fsp3) is 0.316. The molecule has 0 bridgehead atoms. The number of methoxy groups -OCH3 is 1. The van der Waals surface area contributed by atoms with Crippen LogP contribution in [0.5, 0.6) is 5.75 Å². The average molecular weight is 357 g/mol. The van der Waals surface area contributed by atoms with Crippen molar-refractivity contribution in [3.8, 4) is 5.75 Å². The van der Waals surface area contributed by atoms with Crippen LogP contribution in [0.3, 0.4) is 0 Å². The third kappa shape index (κ3) is 2.51. The van der Waals surface area contributed by atoms with Crippen molar-refractivity contribution in [2.75, 3.05) is 38.3 Å². The molecule has 2 aliphatic rings. The number of anilines is 1. The Bertz CT molecular complexity index is 880. The van der Waals surface area contributed by atoms with E-state index in [0.717, 1.165) is 0 Å². The second-order valence-electron chi connectivity index (χ2n) is 6.35. The molecule has 26 heavy (non-hydrogen) atoms. The van der Waals surface area contributed by atoms with Crippen LogP contribution in [0, 0.1) is 5.82 Å². The molecule has 0 amide bonds. The zero-order valence-corrected chi connectivity index (χ0v) is 14.4. The van der Waals surface area contributed by atoms with Crippen LogP contribution in [0.25, 0.3) is 0 Å². The zero-order valence-electron chi connectivity index (χ0n) is 14.4. The van der Waals surface area contributed by atoms with Crippen LogP contribution in [0.2, 0.25) is 0 Å². The van der Waals surface area contributed by atoms with E-state index in [1.165, 1.54) is 12.1 Å². The molecule has 0 aromatic heterocycles. The summed E-state index contributed by atoms with van der Waals surface area (Å²) in [4.78, 5) is 6.35. The number of hydrogen-bond donors (Lipinski definition) is 2. The van der Waals surface area contributed by atoms with Gasteiger partial charge in [-0.15, -0.1) is 0 Å². The molecule has 7 heteroatoms. The van der Waals surface area contributed by atoms with Crippen molar-refractivity contribution >= 4 is 17.2 Å². The Balaban J connectivity index is 1.90. The highest BCUT2D eigenvalue weighted by Crippen LogP contribution is 2.46. The van der Waals surface area contributed by atoms with Gasteiger partial charge < -0.3 is 25.2 Å². The van der Waals surface area contributed by atoms with Crippen molar-refractivity contribution in [3.63, 3.8) is 0 Å². The smallest absolute Gasteiger partial charge is 0.176 e. The number of ether oxygens (including phenoxy) is 2. The molecule has 2 aromatic rings. The summed E-state index contributed by atoms with van der Waals surface area (Å²) < 4.78 is 24.8. The molecule has 0 radical (unpaired) electrons. The summed E-state index contributed by atoms with van der Waals surface area (Å²) in [6.45, 7) is 2.44. The summed E-state index contributed by atoms with van der Waals surface area (Å²) >= 11 is 0. The first-order valence-corrected chi connectivity index (χ1v) is 8.42. The molecule has 4 rings (SSSR count). The van der Waals surface area contributed by atoms with Gasteiger partial charge in [0.2, 0.25) is 0 Å². The highest BCUT2D eigenvalue weighted by atomic mass is 19.1. The monoisotopic (exact) mass is 357 g/mol. The van der Waals surface area contributed by atoms with Gasteiger partial charge in [-0.25, -0.2) is 9.38 Å². The molecule has 0 saturated carbocycles. The molecular formula is C19H20FN3O3. The lowest BCUT2D eigenvalue weighted by Crippen LogP contribution is -2.43. The van der Waals surface area contributed by atoms with E-state index in [2.05, 4.69) is 9.89 Å². The number of nitrogens with two attached hydrogens (primary N) is 1. The zero-order chi connectivity index (χ0) is 18.3. The van der Waals surface area contributed by atoms with Gasteiger partial charge in [0, 0.05) is 29.9 Å². The first-order chi connectivity index (χ1) is 12.5. The number of morpholine rings is 1. The van der Waals surface area contributed by atoms with E-state index in [0.29, 0.717) is 54.6 Å². The molecule has 6 nitrogen and oxygen atoms in total. The Hall–Kier alpha value is -2.64. The lowest BCUT2D eigenvalue weighted by atomic mass is 9.84. The number of rotatable bonds is 3. The van der Waals surface area contributed by atoms with Gasteiger partial charge in [0.25, 0.3) is 0 Å². The molecule has 3 N–H and O–H groups in total. The van der Waals surface area contributed by atoms with E-state index >= 15 is 0 Å². The quantitative estimate of drug-likeness (QED) is 0.877. The highest BCUT2D eigenvalue weighted by molar-refractivity contribution is 6.01. The molecule has 2 heterocycles. The number of halogens is 1. The lowest BCUT2D eigenvalue weighted by molar-refractivity contribution is 0.121. The van der Waals surface area contributed by atoms with Gasteiger partial charge in [-0.3, -0.25) is 0 Å². The van der Waals surface area contributed by atoms with Crippen molar-refractivity contribution in [3.05, 3.63) is 53.3 Å². The first-order valence-electron chi connectivity index (χ1n) is 8.42. The van der Waals surface area contributed by atoms with Crippen LogP contribution in [-0.4, -0.2) is 44.4 Å². The fourth-order valence-corrected chi connectivity index (χ4v) is 3.54. The van der Waals surface area contributed by atoms with Crippen LogP contribution < -0.4 is 15.4 Å². The molecule has 0 spiro atoms. The van der Waals surface area contributed by atoms with Crippen LogP contribution in [0.15, 0.2) is 41.4 Å². The van der Waals surface area contributed by atoms with Gasteiger partial charge >= 0.3 is 0 Å². The molecule has 1 fully saturated rings. The van der Waals surface area contributed by atoms with Crippen molar-refractivity contribution in [2.45, 2.75) is 5.60 Å². The Labute approximate surface area is 150 Å². The average Bonchev–Trinajstić information content (AvgIpc) is 2.93. The van der Waals surface area contributed by atoms with E-state index in [1.807, 2.05) is 0 Å². The van der Waals surface area contributed by atoms with Crippen molar-refractivity contribution in [1.82, 2.24) is 0 Å². The van der Waals surface area contributed by atoms with Gasteiger partial charge in [0.05, 0.1) is 26.0 Å². The fourth-order valence-electron chi connectivity index (χ4n) is 3.54. The number of benzene rings is 2. The summed E-state index contributed by atoms with van der Waals surface area (Å²) in [6, 6.07) is 9.53. The summed E-state index contributed by atoms with van der Waals surface area (Å²) in [7, 11) is 1.54. The third-order valence-electron chi connectivity index (χ3n) is 4.91. The normalized spacial score (nSPS) is 22.1. The maximum Gasteiger partial charge on any atom is 0.176 e. The van der Waals surface area contributed by atoms with Gasteiger partial charge in [-0.1, -0.05) is 0 Å². The standard InChI is InChI=1S/C19H20FN3O3/c1-25-13-3-4-16-14(11-13)19(24,18(21)22-16)15-10-12(20)2-5-17(15)23-6-8-26-9-7-23/h2-5,10-11,24H,6-9H2,1H3,(H2,21,22). The second kappa shape index (κ2) is 6.26. The molecule has 2 aromatic carbocycles. The molecule has 1 unspecified atom stereocenters. The van der Waals surface area contributed by atoms with E-state index < -0.39 is 11.4 Å². The predicted molar refractivity (Wildman–Crippen MR) is 96.7 cm³/mol. The molecule has 1 atom stereocenters. The molecular weight excluding hydrogens is 337 g/mol. The summed E-state index contributed by atoms with van der Waals surface area (Å²) in [5.41, 5.74) is 6.51. The van der Waals surface area contributed by atoms with E-state index in [-0.39, 0.29) is 5.84 Å². The van der Waals surface area contributed by atoms with Crippen molar-refractivity contribution in [1.29, 1.82) is 0 Å². The maximum atomic E-state index is 14.1. The number of aliphatic imine (C=N–C) groups is 1. The number of amidine groups is 1. The number of fused-ring (bicyclic) bond motifs is 1. The molecule has 136 valence electrons. The predicted octanol–water partition coefficient (Wildman–Crippen LogP) is 1.91. The Morgan fingerprint density at radius 3 is 2.69 bits per heavy atom. The van der Waals surface area contributed by atoms with E-state index in [1.54, 1.807) is 31.4 Å². The topological polar surface area (TPSA) is 80.3 Å². The Morgan fingerprint density at radius 1 is 1.19 bits per heavy atom. The van der Waals surface area contributed by atoms with Crippen LogP contribution in [0.4, 0.5) is 15.8 Å². The minimum atomic E-state index is -1.72. The number of nitrogens with zero attached hydrogens (tertiary/aromatic N) is 2. The second-order valence-corrected chi connectivity index (χ2v) is 6.35. The number of aliphatic hydroxyl groups is 1. The highest BCUT2D eigenvalue weighted by Gasteiger charge is 2.45. The largest absolute Gasteiger partial charge is 0.497 e. The van der Waals surface area contributed by atoms with Gasteiger partial charge in [0.15, 0.2) is 5.60 Å². The minimum Gasteiger partial charge on any atom is -0.497 e. The molecule has 2 aliphatic heterocycles.